The Morgan fingerprint density at radius 1 is 1.38 bits per heavy atom. The Kier molecular flexibility index (Phi) is 6.41. The first kappa shape index (κ1) is 15.2. The third kappa shape index (κ3) is 7.51. The largest absolute Gasteiger partial charge is 0.444 e. The highest BCUT2D eigenvalue weighted by Gasteiger charge is 2.21. The average molecular weight is 230 g/mol. The molecule has 0 aromatic carbocycles. The minimum absolute atomic E-state index is 0.0361. The molecular weight excluding hydrogens is 206 g/mol. The summed E-state index contributed by atoms with van der Waals surface area (Å²) in [6.45, 7) is 13.5. The van der Waals surface area contributed by atoms with Gasteiger partial charge in [-0.15, -0.1) is 0 Å². The van der Waals surface area contributed by atoms with E-state index in [4.69, 9.17) is 9.47 Å². The zero-order valence-electron chi connectivity index (χ0n) is 11.2. The van der Waals surface area contributed by atoms with Crippen LogP contribution in [0, 0.1) is 12.5 Å². The Bertz CT molecular complexity index is 209. The Labute approximate surface area is 98.7 Å². The van der Waals surface area contributed by atoms with Gasteiger partial charge in [-0.1, -0.05) is 13.8 Å². The van der Waals surface area contributed by atoms with Crippen LogP contribution >= 0.6 is 0 Å². The number of carbonyl (C=O) groups excluding carboxylic acids is 1. The summed E-state index contributed by atoms with van der Waals surface area (Å²) in [4.78, 5) is 11.5. The predicted molar refractivity (Wildman–Crippen MR) is 63.9 cm³/mol. The summed E-state index contributed by atoms with van der Waals surface area (Å²) >= 11 is 0. The molecule has 4 nitrogen and oxygen atoms in total. The molecule has 0 heterocycles. The van der Waals surface area contributed by atoms with Gasteiger partial charge in [-0.2, -0.15) is 0 Å². The number of ether oxygens (including phenoxy) is 2. The standard InChI is InChI=1S/C12H24NO3/c1-7-15-8-10(9(2)3)13-11(14)16-12(4,5)6/h7,9-10H,8H2,1-6H3,(H,13,14)/t10-/m1/s1. The number of hydrogen-bond donors (Lipinski definition) is 1. The van der Waals surface area contributed by atoms with E-state index in [-0.39, 0.29) is 6.04 Å². The SMILES string of the molecule is C[CH]OC[C@@H](NC(=O)OC(C)(C)C)C(C)C. The quantitative estimate of drug-likeness (QED) is 0.790. The van der Waals surface area contributed by atoms with E-state index in [1.165, 1.54) is 0 Å². The zero-order valence-corrected chi connectivity index (χ0v) is 11.2. The minimum atomic E-state index is -0.469. The van der Waals surface area contributed by atoms with E-state index >= 15 is 0 Å². The van der Waals surface area contributed by atoms with Crippen molar-refractivity contribution in [3.8, 4) is 0 Å². The van der Waals surface area contributed by atoms with Crippen LogP contribution in [0.3, 0.4) is 0 Å². The second-order valence-corrected chi connectivity index (χ2v) is 5.07. The van der Waals surface area contributed by atoms with Crippen molar-refractivity contribution in [2.75, 3.05) is 6.61 Å². The van der Waals surface area contributed by atoms with Crippen molar-refractivity contribution in [2.24, 2.45) is 5.92 Å². The highest BCUT2D eigenvalue weighted by molar-refractivity contribution is 5.68. The van der Waals surface area contributed by atoms with Gasteiger partial charge in [-0.05, 0) is 33.6 Å². The van der Waals surface area contributed by atoms with E-state index in [2.05, 4.69) is 5.32 Å². The maximum absolute atomic E-state index is 11.5. The fourth-order valence-corrected chi connectivity index (χ4v) is 1.06. The molecule has 4 heteroatoms. The number of amides is 1. The molecule has 0 spiro atoms. The van der Waals surface area contributed by atoms with Gasteiger partial charge in [0.15, 0.2) is 0 Å². The second kappa shape index (κ2) is 6.74. The van der Waals surface area contributed by atoms with Crippen molar-refractivity contribution < 1.29 is 14.3 Å². The molecule has 0 aliphatic heterocycles. The molecule has 0 aromatic heterocycles. The summed E-state index contributed by atoms with van der Waals surface area (Å²) in [6.07, 6.45) is -0.397. The van der Waals surface area contributed by atoms with Crippen LogP contribution in [0.1, 0.15) is 41.5 Å². The number of carbonyl (C=O) groups is 1. The number of nitrogens with one attached hydrogen (secondary N) is 1. The summed E-state index contributed by atoms with van der Waals surface area (Å²) in [7, 11) is 0. The lowest BCUT2D eigenvalue weighted by Crippen LogP contribution is -2.44. The third-order valence-electron chi connectivity index (χ3n) is 1.95. The summed E-state index contributed by atoms with van der Waals surface area (Å²) in [5.74, 6) is 0.299. The summed E-state index contributed by atoms with van der Waals surface area (Å²) in [5.41, 5.74) is -0.469. The Morgan fingerprint density at radius 2 is 1.94 bits per heavy atom. The lowest BCUT2D eigenvalue weighted by atomic mass is 10.1. The monoisotopic (exact) mass is 230 g/mol. The highest BCUT2D eigenvalue weighted by atomic mass is 16.6. The van der Waals surface area contributed by atoms with Crippen molar-refractivity contribution in [2.45, 2.75) is 53.2 Å². The van der Waals surface area contributed by atoms with Gasteiger partial charge in [0.1, 0.15) is 5.60 Å². The molecule has 0 aliphatic carbocycles. The molecule has 1 radical (unpaired) electrons. The molecule has 1 atom stereocenters. The molecule has 0 rings (SSSR count). The smallest absolute Gasteiger partial charge is 0.407 e. The molecular formula is C12H24NO3. The zero-order chi connectivity index (χ0) is 12.8. The first-order chi connectivity index (χ1) is 7.26. The Balaban J connectivity index is 4.13. The van der Waals surface area contributed by atoms with Gasteiger partial charge >= 0.3 is 6.09 Å². The van der Waals surface area contributed by atoms with Gasteiger partial charge < -0.3 is 14.8 Å². The van der Waals surface area contributed by atoms with E-state index in [1.54, 1.807) is 6.61 Å². The molecule has 0 saturated heterocycles. The van der Waals surface area contributed by atoms with E-state index in [0.717, 1.165) is 0 Å². The molecule has 0 unspecified atom stereocenters. The molecule has 0 aliphatic rings. The Hall–Kier alpha value is -0.770. The molecule has 95 valence electrons. The van der Waals surface area contributed by atoms with Crippen LogP contribution < -0.4 is 5.32 Å². The first-order valence-corrected chi connectivity index (χ1v) is 5.65. The molecule has 0 fully saturated rings. The molecule has 0 bridgehead atoms. The average Bonchev–Trinajstić information content (AvgIpc) is 2.08. The van der Waals surface area contributed by atoms with Crippen LogP contribution in [0.25, 0.3) is 0 Å². The van der Waals surface area contributed by atoms with Gasteiger partial charge in [0, 0.05) is 0 Å². The van der Waals surface area contributed by atoms with Gasteiger partial charge in [-0.25, -0.2) is 4.79 Å². The van der Waals surface area contributed by atoms with Crippen molar-refractivity contribution in [3.63, 3.8) is 0 Å². The van der Waals surface area contributed by atoms with E-state index in [1.807, 2.05) is 41.5 Å². The van der Waals surface area contributed by atoms with E-state index in [0.29, 0.717) is 12.5 Å². The number of alkyl carbamates (subject to hydrolysis) is 1. The van der Waals surface area contributed by atoms with Gasteiger partial charge in [0.2, 0.25) is 0 Å². The maximum Gasteiger partial charge on any atom is 0.407 e. The lowest BCUT2D eigenvalue weighted by Gasteiger charge is -2.25. The number of rotatable bonds is 5. The Morgan fingerprint density at radius 3 is 2.31 bits per heavy atom. The van der Waals surface area contributed by atoms with Gasteiger partial charge in [0.25, 0.3) is 0 Å². The maximum atomic E-state index is 11.5. The van der Waals surface area contributed by atoms with E-state index < -0.39 is 11.7 Å². The number of hydrogen-bond acceptors (Lipinski definition) is 3. The minimum Gasteiger partial charge on any atom is -0.444 e. The lowest BCUT2D eigenvalue weighted by molar-refractivity contribution is 0.0445. The molecule has 16 heavy (non-hydrogen) atoms. The molecule has 1 N–H and O–H groups in total. The molecule has 0 aromatic rings. The predicted octanol–water partition coefficient (Wildman–Crippen LogP) is 2.73. The fourth-order valence-electron chi connectivity index (χ4n) is 1.06. The van der Waals surface area contributed by atoms with Crippen LogP contribution in [0.15, 0.2) is 0 Å². The summed E-state index contributed by atoms with van der Waals surface area (Å²) < 4.78 is 10.4. The van der Waals surface area contributed by atoms with Gasteiger partial charge in [-0.3, -0.25) is 0 Å². The van der Waals surface area contributed by atoms with Crippen molar-refractivity contribution in [1.82, 2.24) is 5.32 Å². The van der Waals surface area contributed by atoms with Crippen LogP contribution in [-0.4, -0.2) is 24.3 Å². The van der Waals surface area contributed by atoms with Crippen LogP contribution in [0.5, 0.6) is 0 Å². The normalized spacial score (nSPS) is 13.7. The topological polar surface area (TPSA) is 47.6 Å². The van der Waals surface area contributed by atoms with Crippen LogP contribution in [-0.2, 0) is 9.47 Å². The third-order valence-corrected chi connectivity index (χ3v) is 1.95. The summed E-state index contributed by atoms with van der Waals surface area (Å²) in [6, 6.07) is -0.0361. The first-order valence-electron chi connectivity index (χ1n) is 5.65. The summed E-state index contributed by atoms with van der Waals surface area (Å²) in [5, 5.41) is 2.80. The van der Waals surface area contributed by atoms with Crippen molar-refractivity contribution in [1.29, 1.82) is 0 Å². The van der Waals surface area contributed by atoms with Crippen LogP contribution in [0.4, 0.5) is 4.79 Å². The fraction of sp³-hybridized carbons (Fsp3) is 0.833. The molecule has 1 amide bonds. The molecule has 0 saturated carbocycles. The second-order valence-electron chi connectivity index (χ2n) is 5.07. The van der Waals surface area contributed by atoms with Gasteiger partial charge in [0.05, 0.1) is 19.3 Å². The van der Waals surface area contributed by atoms with Crippen molar-refractivity contribution in [3.05, 3.63) is 6.61 Å². The van der Waals surface area contributed by atoms with Crippen molar-refractivity contribution >= 4 is 6.09 Å². The van der Waals surface area contributed by atoms with E-state index in [9.17, 15) is 4.79 Å². The highest BCUT2D eigenvalue weighted by Crippen LogP contribution is 2.09. The van der Waals surface area contributed by atoms with Crippen LogP contribution in [0.2, 0.25) is 0 Å².